The molecule has 6 heteroatoms. The number of pyridine rings is 1. The van der Waals surface area contributed by atoms with Crippen molar-refractivity contribution < 1.29 is 15.0 Å². The summed E-state index contributed by atoms with van der Waals surface area (Å²) in [5.41, 5.74) is 3.33. The van der Waals surface area contributed by atoms with E-state index in [1.54, 1.807) is 18.2 Å². The maximum Gasteiger partial charge on any atom is 0.271 e. The number of phenolic OH excluding ortho intramolecular Hbond substituents is 2. The van der Waals surface area contributed by atoms with E-state index in [9.17, 15) is 9.90 Å². The quantitative estimate of drug-likeness (QED) is 0.438. The molecule has 0 aliphatic heterocycles. The highest BCUT2D eigenvalue weighted by Crippen LogP contribution is 2.23. The fourth-order valence-electron chi connectivity index (χ4n) is 1.35. The van der Waals surface area contributed by atoms with Gasteiger partial charge in [-0.15, -0.1) is 0 Å². The zero-order chi connectivity index (χ0) is 13.7. The number of aromatic hydroxyl groups is 2. The Bertz CT molecular complexity index is 612. The number of hydrazone groups is 1. The molecular weight excluding hydrogens is 246 g/mol. The number of carbonyl (C=O) groups is 1. The van der Waals surface area contributed by atoms with Gasteiger partial charge in [-0.3, -0.25) is 9.78 Å². The van der Waals surface area contributed by atoms with E-state index >= 15 is 0 Å². The van der Waals surface area contributed by atoms with Crippen LogP contribution in [0.2, 0.25) is 0 Å². The van der Waals surface area contributed by atoms with E-state index in [0.717, 1.165) is 0 Å². The molecule has 19 heavy (non-hydrogen) atoms. The Morgan fingerprint density at radius 3 is 2.58 bits per heavy atom. The SMILES string of the molecule is O=C(N/N=C\c1ccc(O)c(O)c1)c1ccncc1. The van der Waals surface area contributed by atoms with Gasteiger partial charge in [-0.1, -0.05) is 0 Å². The van der Waals surface area contributed by atoms with Gasteiger partial charge < -0.3 is 10.2 Å². The number of hydrogen-bond acceptors (Lipinski definition) is 5. The summed E-state index contributed by atoms with van der Waals surface area (Å²) >= 11 is 0. The number of carbonyl (C=O) groups excluding carboxylic acids is 1. The van der Waals surface area contributed by atoms with Crippen LogP contribution in [0.15, 0.2) is 47.8 Å². The predicted octanol–water partition coefficient (Wildman–Crippen LogP) is 1.26. The third-order valence-electron chi connectivity index (χ3n) is 2.32. The topological polar surface area (TPSA) is 94.8 Å². The second kappa shape index (κ2) is 5.63. The maximum atomic E-state index is 11.6. The van der Waals surface area contributed by atoms with Crippen LogP contribution in [0.25, 0.3) is 0 Å². The van der Waals surface area contributed by atoms with Crippen LogP contribution in [0.5, 0.6) is 11.5 Å². The summed E-state index contributed by atoms with van der Waals surface area (Å²) in [4.78, 5) is 15.4. The molecule has 0 fully saturated rings. The molecule has 2 aromatic rings. The lowest BCUT2D eigenvalue weighted by atomic mass is 10.2. The molecule has 0 saturated heterocycles. The summed E-state index contributed by atoms with van der Waals surface area (Å²) in [6.07, 6.45) is 4.38. The highest BCUT2D eigenvalue weighted by molar-refractivity contribution is 5.94. The Hall–Kier alpha value is -2.89. The number of amides is 1. The summed E-state index contributed by atoms with van der Waals surface area (Å²) < 4.78 is 0. The van der Waals surface area contributed by atoms with E-state index in [0.29, 0.717) is 11.1 Å². The van der Waals surface area contributed by atoms with Gasteiger partial charge in [0.1, 0.15) is 0 Å². The number of rotatable bonds is 3. The van der Waals surface area contributed by atoms with Gasteiger partial charge >= 0.3 is 0 Å². The molecule has 0 saturated carbocycles. The van der Waals surface area contributed by atoms with Gasteiger partial charge in [-0.25, -0.2) is 5.43 Å². The summed E-state index contributed by atoms with van der Waals surface area (Å²) in [5, 5.41) is 22.2. The fraction of sp³-hybridized carbons (Fsp3) is 0. The minimum atomic E-state index is -0.360. The van der Waals surface area contributed by atoms with Crippen LogP contribution in [0, 0.1) is 0 Å². The van der Waals surface area contributed by atoms with Crippen LogP contribution in [0.1, 0.15) is 15.9 Å². The maximum absolute atomic E-state index is 11.6. The second-order valence-corrected chi connectivity index (χ2v) is 3.68. The number of benzene rings is 1. The Morgan fingerprint density at radius 1 is 1.16 bits per heavy atom. The lowest BCUT2D eigenvalue weighted by Crippen LogP contribution is -2.17. The molecule has 0 unspecified atom stereocenters. The van der Waals surface area contributed by atoms with Crippen molar-refractivity contribution in [2.24, 2.45) is 5.10 Å². The van der Waals surface area contributed by atoms with Crippen molar-refractivity contribution in [1.82, 2.24) is 10.4 Å². The first-order chi connectivity index (χ1) is 9.16. The zero-order valence-electron chi connectivity index (χ0n) is 9.82. The van der Waals surface area contributed by atoms with Crippen LogP contribution in [-0.2, 0) is 0 Å². The molecule has 1 aromatic carbocycles. The molecule has 0 radical (unpaired) electrons. The van der Waals surface area contributed by atoms with Crippen molar-refractivity contribution in [3.05, 3.63) is 53.9 Å². The molecule has 2 rings (SSSR count). The monoisotopic (exact) mass is 257 g/mol. The first-order valence-corrected chi connectivity index (χ1v) is 5.42. The van der Waals surface area contributed by atoms with Crippen LogP contribution in [0.4, 0.5) is 0 Å². The molecule has 0 bridgehead atoms. The largest absolute Gasteiger partial charge is 0.504 e. The minimum Gasteiger partial charge on any atom is -0.504 e. The van der Waals surface area contributed by atoms with Gasteiger partial charge in [0.2, 0.25) is 0 Å². The van der Waals surface area contributed by atoms with E-state index in [2.05, 4.69) is 15.5 Å². The molecule has 6 nitrogen and oxygen atoms in total. The highest BCUT2D eigenvalue weighted by atomic mass is 16.3. The van der Waals surface area contributed by atoms with Gasteiger partial charge in [0.15, 0.2) is 11.5 Å². The van der Waals surface area contributed by atoms with Crippen molar-refractivity contribution >= 4 is 12.1 Å². The molecule has 1 heterocycles. The van der Waals surface area contributed by atoms with Gasteiger partial charge in [0, 0.05) is 18.0 Å². The lowest BCUT2D eigenvalue weighted by Gasteiger charge is -2.00. The first-order valence-electron chi connectivity index (χ1n) is 5.42. The third-order valence-corrected chi connectivity index (χ3v) is 2.32. The average Bonchev–Trinajstić information content (AvgIpc) is 2.43. The average molecular weight is 257 g/mol. The van der Waals surface area contributed by atoms with Crippen LogP contribution < -0.4 is 5.43 Å². The van der Waals surface area contributed by atoms with Gasteiger partial charge in [0.25, 0.3) is 5.91 Å². The smallest absolute Gasteiger partial charge is 0.271 e. The molecule has 96 valence electrons. The first kappa shape index (κ1) is 12.6. The standard InChI is InChI=1S/C13H11N3O3/c17-11-2-1-9(7-12(11)18)8-15-16-13(19)10-3-5-14-6-4-10/h1-8,17-18H,(H,16,19)/b15-8-. The van der Waals surface area contributed by atoms with Gasteiger partial charge in [0.05, 0.1) is 6.21 Å². The van der Waals surface area contributed by atoms with E-state index in [4.69, 9.17) is 5.11 Å². The number of aromatic nitrogens is 1. The van der Waals surface area contributed by atoms with Crippen molar-refractivity contribution in [3.63, 3.8) is 0 Å². The van der Waals surface area contributed by atoms with Crippen LogP contribution >= 0.6 is 0 Å². The van der Waals surface area contributed by atoms with E-state index in [-0.39, 0.29) is 17.4 Å². The summed E-state index contributed by atoms with van der Waals surface area (Å²) in [6, 6.07) is 7.35. The Labute approximate surface area is 109 Å². The zero-order valence-corrected chi connectivity index (χ0v) is 9.82. The van der Waals surface area contributed by atoms with Crippen molar-refractivity contribution in [3.8, 4) is 11.5 Å². The minimum absolute atomic E-state index is 0.210. The fourth-order valence-corrected chi connectivity index (χ4v) is 1.35. The summed E-state index contributed by atoms with van der Waals surface area (Å²) in [5.74, 6) is -0.816. The molecule has 0 spiro atoms. The Kier molecular flexibility index (Phi) is 3.72. The molecule has 0 aliphatic rings. The summed E-state index contributed by atoms with van der Waals surface area (Å²) in [7, 11) is 0. The predicted molar refractivity (Wildman–Crippen MR) is 69.1 cm³/mol. The summed E-state index contributed by atoms with van der Waals surface area (Å²) in [6.45, 7) is 0. The molecule has 1 aromatic heterocycles. The number of phenols is 2. The Morgan fingerprint density at radius 2 is 1.89 bits per heavy atom. The van der Waals surface area contributed by atoms with Crippen LogP contribution in [-0.4, -0.2) is 27.3 Å². The molecule has 1 amide bonds. The van der Waals surface area contributed by atoms with E-state index < -0.39 is 0 Å². The number of nitrogens with zero attached hydrogens (tertiary/aromatic N) is 2. The lowest BCUT2D eigenvalue weighted by molar-refractivity contribution is 0.0955. The van der Waals surface area contributed by atoms with E-state index in [1.807, 2.05) is 0 Å². The normalized spacial score (nSPS) is 10.5. The second-order valence-electron chi connectivity index (χ2n) is 3.68. The number of nitrogens with one attached hydrogen (secondary N) is 1. The van der Waals surface area contributed by atoms with Crippen molar-refractivity contribution in [1.29, 1.82) is 0 Å². The molecular formula is C13H11N3O3. The highest BCUT2D eigenvalue weighted by Gasteiger charge is 2.02. The van der Waals surface area contributed by atoms with Crippen molar-refractivity contribution in [2.45, 2.75) is 0 Å². The molecule has 0 aliphatic carbocycles. The van der Waals surface area contributed by atoms with E-state index in [1.165, 1.54) is 30.7 Å². The molecule has 3 N–H and O–H groups in total. The van der Waals surface area contributed by atoms with Crippen LogP contribution in [0.3, 0.4) is 0 Å². The van der Waals surface area contributed by atoms with Gasteiger partial charge in [-0.05, 0) is 35.9 Å². The third kappa shape index (κ3) is 3.29. The molecule has 0 atom stereocenters. The van der Waals surface area contributed by atoms with Crippen molar-refractivity contribution in [2.75, 3.05) is 0 Å². The number of hydrogen-bond donors (Lipinski definition) is 3. The van der Waals surface area contributed by atoms with Gasteiger partial charge in [-0.2, -0.15) is 5.10 Å². The Balaban J connectivity index is 2.00.